The number of hydrogen-bond donors (Lipinski definition) is 1. The first-order valence-electron chi connectivity index (χ1n) is 5.67. The van der Waals surface area contributed by atoms with E-state index in [1.807, 2.05) is 50.2 Å². The molecule has 1 amide bonds. The monoisotopic (exact) mass is 311 g/mol. The maximum atomic E-state index is 11.5. The Labute approximate surface area is 116 Å². The highest BCUT2D eigenvalue weighted by Gasteiger charge is 2.08. The van der Waals surface area contributed by atoms with Crippen molar-refractivity contribution < 1.29 is 4.79 Å². The first-order valence-corrected chi connectivity index (χ1v) is 6.59. The van der Waals surface area contributed by atoms with Crippen molar-refractivity contribution in [1.29, 1.82) is 0 Å². The van der Waals surface area contributed by atoms with Crippen LogP contribution in [0.2, 0.25) is 0 Å². The maximum absolute atomic E-state index is 11.5. The molecular formula is C13H18BrN3O. The third kappa shape index (κ3) is 4.49. The number of carbonyl (C=O) groups excluding carboxylic acids is 1. The van der Waals surface area contributed by atoms with Crippen LogP contribution in [0.5, 0.6) is 0 Å². The van der Waals surface area contributed by atoms with Crippen LogP contribution in [-0.4, -0.2) is 35.6 Å². The molecule has 0 saturated heterocycles. The zero-order valence-corrected chi connectivity index (χ0v) is 12.7. The Morgan fingerprint density at radius 1 is 1.33 bits per heavy atom. The Morgan fingerprint density at radius 3 is 2.33 bits per heavy atom. The van der Waals surface area contributed by atoms with Gasteiger partial charge in [-0.25, -0.2) is 4.99 Å². The smallest absolute Gasteiger partial charge is 0.237 e. The van der Waals surface area contributed by atoms with Crippen LogP contribution in [0.1, 0.15) is 13.8 Å². The van der Waals surface area contributed by atoms with E-state index in [1.54, 1.807) is 6.92 Å². The van der Waals surface area contributed by atoms with Crippen molar-refractivity contribution in [3.63, 3.8) is 0 Å². The fourth-order valence-corrected chi connectivity index (χ4v) is 1.26. The highest BCUT2D eigenvalue weighted by atomic mass is 79.9. The molecule has 0 aromatic heterocycles. The average Bonchev–Trinajstić information content (AvgIpc) is 2.31. The van der Waals surface area contributed by atoms with E-state index in [2.05, 4.69) is 26.2 Å². The molecule has 1 aromatic carbocycles. The second-order valence-corrected chi connectivity index (χ2v) is 5.58. The number of amidine groups is 1. The minimum absolute atomic E-state index is 0.0595. The van der Waals surface area contributed by atoms with E-state index in [9.17, 15) is 4.79 Å². The molecule has 0 spiro atoms. The van der Waals surface area contributed by atoms with Gasteiger partial charge in [-0.3, -0.25) is 4.79 Å². The molecule has 1 rings (SSSR count). The van der Waals surface area contributed by atoms with Crippen LogP contribution in [-0.2, 0) is 4.79 Å². The van der Waals surface area contributed by atoms with Crippen molar-refractivity contribution in [2.45, 2.75) is 18.7 Å². The molecule has 0 radical (unpaired) electrons. The molecule has 0 aliphatic heterocycles. The zero-order chi connectivity index (χ0) is 13.7. The highest BCUT2D eigenvalue weighted by Crippen LogP contribution is 2.17. The molecule has 5 heteroatoms. The Balaban J connectivity index is 2.75. The fraction of sp³-hybridized carbons (Fsp3) is 0.385. The summed E-state index contributed by atoms with van der Waals surface area (Å²) in [4.78, 5) is 17.7. The van der Waals surface area contributed by atoms with Crippen molar-refractivity contribution in [3.8, 4) is 0 Å². The van der Waals surface area contributed by atoms with Crippen LogP contribution in [0.15, 0.2) is 29.3 Å². The summed E-state index contributed by atoms with van der Waals surface area (Å²) in [5, 5.41) is 2.80. The summed E-state index contributed by atoms with van der Waals surface area (Å²) in [6.07, 6.45) is 0. The quantitative estimate of drug-likeness (QED) is 0.530. The van der Waals surface area contributed by atoms with E-state index < -0.39 is 0 Å². The molecule has 1 unspecified atom stereocenters. The van der Waals surface area contributed by atoms with Crippen LogP contribution in [0, 0.1) is 0 Å². The molecule has 98 valence electrons. The van der Waals surface area contributed by atoms with Gasteiger partial charge >= 0.3 is 0 Å². The van der Waals surface area contributed by atoms with Gasteiger partial charge in [0.25, 0.3) is 0 Å². The lowest BCUT2D eigenvalue weighted by Crippen LogP contribution is -2.19. The fourth-order valence-electron chi connectivity index (χ4n) is 1.15. The molecule has 0 saturated carbocycles. The SMILES string of the molecule is CC(=Nc1ccc(NC(=O)C(C)Br)cc1)N(C)C. The summed E-state index contributed by atoms with van der Waals surface area (Å²) in [5.41, 5.74) is 1.64. The predicted octanol–water partition coefficient (Wildman–Crippen LogP) is 3.02. The second kappa shape index (κ2) is 6.54. The van der Waals surface area contributed by atoms with Crippen LogP contribution in [0.4, 0.5) is 11.4 Å². The predicted molar refractivity (Wildman–Crippen MR) is 79.9 cm³/mol. The Kier molecular flexibility index (Phi) is 5.34. The molecular weight excluding hydrogens is 294 g/mol. The second-order valence-electron chi connectivity index (χ2n) is 4.21. The number of carbonyl (C=O) groups is 1. The van der Waals surface area contributed by atoms with Gasteiger partial charge < -0.3 is 10.2 Å². The summed E-state index contributed by atoms with van der Waals surface area (Å²) < 4.78 is 0. The molecule has 0 heterocycles. The minimum atomic E-state index is -0.203. The summed E-state index contributed by atoms with van der Waals surface area (Å²) in [6, 6.07) is 7.44. The molecule has 0 aliphatic carbocycles. The number of alkyl halides is 1. The lowest BCUT2D eigenvalue weighted by Gasteiger charge is -2.11. The molecule has 0 aliphatic rings. The molecule has 18 heavy (non-hydrogen) atoms. The molecule has 4 nitrogen and oxygen atoms in total. The van der Waals surface area contributed by atoms with Gasteiger partial charge in [0.05, 0.1) is 10.5 Å². The maximum Gasteiger partial charge on any atom is 0.237 e. The first kappa shape index (κ1) is 14.7. The summed E-state index contributed by atoms with van der Waals surface area (Å²) in [7, 11) is 3.90. The summed E-state index contributed by atoms with van der Waals surface area (Å²) in [6.45, 7) is 3.73. The topological polar surface area (TPSA) is 44.7 Å². The molecule has 1 N–H and O–H groups in total. The number of halogens is 1. The van der Waals surface area contributed by atoms with E-state index >= 15 is 0 Å². The van der Waals surface area contributed by atoms with Gasteiger partial charge in [0.15, 0.2) is 0 Å². The van der Waals surface area contributed by atoms with E-state index in [4.69, 9.17) is 0 Å². The number of nitrogens with zero attached hydrogens (tertiary/aromatic N) is 2. The Bertz CT molecular complexity index is 438. The van der Waals surface area contributed by atoms with E-state index in [0.717, 1.165) is 17.2 Å². The molecule has 1 atom stereocenters. The van der Waals surface area contributed by atoms with Gasteiger partial charge in [-0.2, -0.15) is 0 Å². The molecule has 0 bridgehead atoms. The standard InChI is InChI=1S/C13H18BrN3O/c1-9(14)13(18)16-12-7-5-11(6-8-12)15-10(2)17(3)4/h5-9H,1-4H3,(H,16,18). The number of aliphatic imine (C=N–C) groups is 1. The Morgan fingerprint density at radius 2 is 1.89 bits per heavy atom. The normalized spacial score (nSPS) is 13.1. The Hall–Kier alpha value is -1.36. The van der Waals surface area contributed by atoms with Crippen molar-refractivity contribution in [1.82, 2.24) is 4.90 Å². The van der Waals surface area contributed by atoms with Crippen LogP contribution in [0.25, 0.3) is 0 Å². The lowest BCUT2D eigenvalue weighted by atomic mass is 10.2. The van der Waals surface area contributed by atoms with E-state index in [1.165, 1.54) is 0 Å². The highest BCUT2D eigenvalue weighted by molar-refractivity contribution is 9.10. The number of hydrogen-bond acceptors (Lipinski definition) is 2. The van der Waals surface area contributed by atoms with Gasteiger partial charge in [0.2, 0.25) is 5.91 Å². The lowest BCUT2D eigenvalue weighted by molar-refractivity contribution is -0.115. The van der Waals surface area contributed by atoms with Gasteiger partial charge in [-0.15, -0.1) is 0 Å². The van der Waals surface area contributed by atoms with Crippen LogP contribution >= 0.6 is 15.9 Å². The third-order valence-electron chi connectivity index (χ3n) is 2.43. The number of amides is 1. The van der Waals surface area contributed by atoms with Gasteiger partial charge in [-0.05, 0) is 38.1 Å². The van der Waals surface area contributed by atoms with Gasteiger partial charge in [-0.1, -0.05) is 15.9 Å². The van der Waals surface area contributed by atoms with Gasteiger partial charge in [0, 0.05) is 19.8 Å². The van der Waals surface area contributed by atoms with E-state index in [-0.39, 0.29) is 10.7 Å². The number of anilines is 1. The van der Waals surface area contributed by atoms with Crippen molar-refractivity contribution in [2.24, 2.45) is 4.99 Å². The number of rotatable bonds is 3. The summed E-state index contributed by atoms with van der Waals surface area (Å²) >= 11 is 3.22. The molecule has 0 fully saturated rings. The minimum Gasteiger partial charge on any atom is -0.366 e. The van der Waals surface area contributed by atoms with E-state index in [0.29, 0.717) is 0 Å². The van der Waals surface area contributed by atoms with Crippen molar-refractivity contribution in [2.75, 3.05) is 19.4 Å². The van der Waals surface area contributed by atoms with Crippen LogP contribution in [0.3, 0.4) is 0 Å². The number of nitrogens with one attached hydrogen (secondary N) is 1. The first-order chi connectivity index (χ1) is 8.40. The van der Waals surface area contributed by atoms with Crippen LogP contribution < -0.4 is 5.32 Å². The summed E-state index contributed by atoms with van der Waals surface area (Å²) in [5.74, 6) is 0.872. The van der Waals surface area contributed by atoms with Crippen molar-refractivity contribution >= 4 is 39.0 Å². The zero-order valence-electron chi connectivity index (χ0n) is 11.1. The number of benzene rings is 1. The third-order valence-corrected chi connectivity index (χ3v) is 2.85. The average molecular weight is 312 g/mol. The van der Waals surface area contributed by atoms with Gasteiger partial charge in [0.1, 0.15) is 5.84 Å². The van der Waals surface area contributed by atoms with Crippen molar-refractivity contribution in [3.05, 3.63) is 24.3 Å². The largest absolute Gasteiger partial charge is 0.366 e. The molecule has 1 aromatic rings.